The van der Waals surface area contributed by atoms with Crippen LogP contribution in [-0.4, -0.2) is 16.8 Å². The van der Waals surface area contributed by atoms with E-state index in [4.69, 9.17) is 0 Å². The molecule has 0 aliphatic carbocycles. The van der Waals surface area contributed by atoms with Gasteiger partial charge in [-0.25, -0.2) is 0 Å². The van der Waals surface area contributed by atoms with E-state index in [0.717, 1.165) is 0 Å². The van der Waals surface area contributed by atoms with Crippen LogP contribution in [-0.2, 0) is 4.79 Å². The lowest BCUT2D eigenvalue weighted by Gasteiger charge is -2.06. The highest BCUT2D eigenvalue weighted by Crippen LogP contribution is 2.16. The maximum atomic E-state index is 11.8. The van der Waals surface area contributed by atoms with Gasteiger partial charge in [-0.1, -0.05) is 6.07 Å². The third-order valence-corrected chi connectivity index (χ3v) is 2.87. The standard InChI is InChI=1S/C12H11N3O2S/c1-8(16)14-9-3-2-4-10(5-9)15-12(17)11-6-13-7-18-11/h2-7H,1H3,(H,14,16)(H,15,17). The molecule has 0 saturated carbocycles. The number of carbonyl (C=O) groups excluding carboxylic acids is 2. The molecule has 1 aromatic carbocycles. The van der Waals surface area contributed by atoms with E-state index < -0.39 is 0 Å². The third-order valence-electron chi connectivity index (χ3n) is 2.10. The Morgan fingerprint density at radius 1 is 1.22 bits per heavy atom. The van der Waals surface area contributed by atoms with Crippen molar-refractivity contribution in [1.29, 1.82) is 0 Å². The van der Waals surface area contributed by atoms with Crippen molar-refractivity contribution in [2.75, 3.05) is 10.6 Å². The molecule has 6 heteroatoms. The lowest BCUT2D eigenvalue weighted by atomic mass is 10.2. The number of amides is 2. The monoisotopic (exact) mass is 261 g/mol. The summed E-state index contributed by atoms with van der Waals surface area (Å²) in [7, 11) is 0. The van der Waals surface area contributed by atoms with Crippen molar-refractivity contribution < 1.29 is 9.59 Å². The molecule has 0 atom stereocenters. The zero-order chi connectivity index (χ0) is 13.0. The van der Waals surface area contributed by atoms with Crippen LogP contribution >= 0.6 is 11.3 Å². The van der Waals surface area contributed by atoms with Crippen LogP contribution in [0.1, 0.15) is 16.6 Å². The zero-order valence-corrected chi connectivity index (χ0v) is 10.5. The Bertz CT molecular complexity index is 566. The number of nitrogens with one attached hydrogen (secondary N) is 2. The lowest BCUT2D eigenvalue weighted by molar-refractivity contribution is -0.114. The van der Waals surface area contributed by atoms with Crippen LogP contribution in [0.15, 0.2) is 36.0 Å². The van der Waals surface area contributed by atoms with Crippen molar-refractivity contribution in [2.24, 2.45) is 0 Å². The summed E-state index contributed by atoms with van der Waals surface area (Å²) in [6.07, 6.45) is 1.51. The van der Waals surface area contributed by atoms with E-state index in [-0.39, 0.29) is 11.8 Å². The Kier molecular flexibility index (Phi) is 3.69. The molecule has 92 valence electrons. The van der Waals surface area contributed by atoms with E-state index in [1.54, 1.807) is 29.8 Å². The lowest BCUT2D eigenvalue weighted by Crippen LogP contribution is -2.11. The summed E-state index contributed by atoms with van der Waals surface area (Å²) < 4.78 is 0. The first-order valence-corrected chi connectivity index (χ1v) is 6.10. The van der Waals surface area contributed by atoms with Gasteiger partial charge in [0.25, 0.3) is 5.91 Å². The summed E-state index contributed by atoms with van der Waals surface area (Å²) in [5.74, 6) is -0.363. The van der Waals surface area contributed by atoms with E-state index in [1.807, 2.05) is 0 Å². The van der Waals surface area contributed by atoms with Crippen molar-refractivity contribution in [3.63, 3.8) is 0 Å². The molecule has 0 radical (unpaired) electrons. The summed E-state index contributed by atoms with van der Waals surface area (Å²) >= 11 is 1.27. The molecule has 2 rings (SSSR count). The van der Waals surface area contributed by atoms with Crippen LogP contribution in [0.2, 0.25) is 0 Å². The van der Waals surface area contributed by atoms with Crippen molar-refractivity contribution in [3.8, 4) is 0 Å². The number of anilines is 2. The highest BCUT2D eigenvalue weighted by Gasteiger charge is 2.07. The molecule has 2 amide bonds. The molecular formula is C12H11N3O2S. The quantitative estimate of drug-likeness (QED) is 0.891. The Balaban J connectivity index is 2.10. The summed E-state index contributed by atoms with van der Waals surface area (Å²) in [5, 5.41) is 5.39. The fourth-order valence-electron chi connectivity index (χ4n) is 1.40. The molecule has 0 aliphatic rings. The van der Waals surface area contributed by atoms with Crippen molar-refractivity contribution in [1.82, 2.24) is 4.98 Å². The highest BCUT2D eigenvalue weighted by atomic mass is 32.1. The van der Waals surface area contributed by atoms with Gasteiger partial charge in [-0.05, 0) is 18.2 Å². The molecule has 0 bridgehead atoms. The molecule has 0 spiro atoms. The van der Waals surface area contributed by atoms with Crippen molar-refractivity contribution >= 4 is 34.5 Å². The van der Waals surface area contributed by atoms with Gasteiger partial charge in [0.15, 0.2) is 0 Å². The van der Waals surface area contributed by atoms with E-state index in [2.05, 4.69) is 15.6 Å². The van der Waals surface area contributed by atoms with Gasteiger partial charge in [0.2, 0.25) is 5.91 Å². The predicted molar refractivity (Wildman–Crippen MR) is 70.8 cm³/mol. The van der Waals surface area contributed by atoms with Crippen LogP contribution in [0.5, 0.6) is 0 Å². The molecule has 0 aliphatic heterocycles. The topological polar surface area (TPSA) is 71.1 Å². The molecule has 0 saturated heterocycles. The van der Waals surface area contributed by atoms with Gasteiger partial charge >= 0.3 is 0 Å². The van der Waals surface area contributed by atoms with Crippen molar-refractivity contribution in [2.45, 2.75) is 6.92 Å². The Morgan fingerprint density at radius 3 is 2.56 bits per heavy atom. The van der Waals surface area contributed by atoms with E-state index in [0.29, 0.717) is 16.3 Å². The Morgan fingerprint density at radius 2 is 1.94 bits per heavy atom. The van der Waals surface area contributed by atoms with Crippen LogP contribution in [0.25, 0.3) is 0 Å². The second-order valence-electron chi connectivity index (χ2n) is 3.58. The second-order valence-corrected chi connectivity index (χ2v) is 4.47. The van der Waals surface area contributed by atoms with Gasteiger partial charge in [0.1, 0.15) is 4.88 Å². The minimum absolute atomic E-state index is 0.152. The number of benzene rings is 1. The average Bonchev–Trinajstić information content (AvgIpc) is 2.81. The molecule has 0 unspecified atom stereocenters. The van der Waals surface area contributed by atoms with Crippen LogP contribution in [0, 0.1) is 0 Å². The Labute approximate surface area is 108 Å². The number of nitrogens with zero attached hydrogens (tertiary/aromatic N) is 1. The number of hydrogen-bond donors (Lipinski definition) is 2. The molecule has 18 heavy (non-hydrogen) atoms. The van der Waals surface area contributed by atoms with E-state index >= 15 is 0 Å². The SMILES string of the molecule is CC(=O)Nc1cccc(NC(=O)c2cncs2)c1. The first-order chi connectivity index (χ1) is 8.65. The van der Waals surface area contributed by atoms with Gasteiger partial charge in [0, 0.05) is 18.3 Å². The minimum atomic E-state index is -0.211. The summed E-state index contributed by atoms with van der Waals surface area (Å²) in [6.45, 7) is 1.43. The van der Waals surface area contributed by atoms with Gasteiger partial charge in [0.05, 0.1) is 11.7 Å². The van der Waals surface area contributed by atoms with Crippen molar-refractivity contribution in [3.05, 3.63) is 40.8 Å². The first-order valence-electron chi connectivity index (χ1n) is 5.22. The molecule has 2 N–H and O–H groups in total. The van der Waals surface area contributed by atoms with E-state index in [1.165, 1.54) is 24.5 Å². The number of hydrogen-bond acceptors (Lipinski definition) is 4. The van der Waals surface area contributed by atoms with Gasteiger partial charge in [-0.2, -0.15) is 0 Å². The highest BCUT2D eigenvalue weighted by molar-refractivity contribution is 7.11. The second kappa shape index (κ2) is 5.42. The Hall–Kier alpha value is -2.21. The van der Waals surface area contributed by atoms with E-state index in [9.17, 15) is 9.59 Å². The molecule has 5 nitrogen and oxygen atoms in total. The third kappa shape index (κ3) is 3.14. The van der Waals surface area contributed by atoms with Gasteiger partial charge in [-0.15, -0.1) is 11.3 Å². The number of thiazole rings is 1. The number of aromatic nitrogens is 1. The zero-order valence-electron chi connectivity index (χ0n) is 9.64. The normalized spacial score (nSPS) is 9.83. The smallest absolute Gasteiger partial charge is 0.267 e. The molecular weight excluding hydrogens is 250 g/mol. The molecule has 0 fully saturated rings. The average molecular weight is 261 g/mol. The van der Waals surface area contributed by atoms with Gasteiger partial charge in [-0.3, -0.25) is 14.6 Å². The van der Waals surface area contributed by atoms with Crippen LogP contribution in [0.4, 0.5) is 11.4 Å². The van der Waals surface area contributed by atoms with Gasteiger partial charge < -0.3 is 10.6 Å². The van der Waals surface area contributed by atoms with Crippen LogP contribution < -0.4 is 10.6 Å². The first kappa shape index (κ1) is 12.3. The minimum Gasteiger partial charge on any atom is -0.326 e. The molecule has 1 heterocycles. The summed E-state index contributed by atoms with van der Waals surface area (Å²) in [6, 6.07) is 6.96. The fourth-order valence-corrected chi connectivity index (χ4v) is 1.91. The number of rotatable bonds is 3. The molecule has 1 aromatic heterocycles. The van der Waals surface area contributed by atoms with Crippen LogP contribution in [0.3, 0.4) is 0 Å². The summed E-state index contributed by atoms with van der Waals surface area (Å²) in [5.41, 5.74) is 2.87. The number of carbonyl (C=O) groups is 2. The maximum Gasteiger partial charge on any atom is 0.267 e. The maximum absolute atomic E-state index is 11.8. The fraction of sp³-hybridized carbons (Fsp3) is 0.0833. The summed E-state index contributed by atoms with van der Waals surface area (Å²) in [4.78, 5) is 27.1. The largest absolute Gasteiger partial charge is 0.326 e. The predicted octanol–water partition coefficient (Wildman–Crippen LogP) is 2.35. The molecule has 2 aromatic rings.